The zero-order valence-corrected chi connectivity index (χ0v) is 15.5. The summed E-state index contributed by atoms with van der Waals surface area (Å²) < 4.78 is 5.69. The molecule has 1 aliphatic rings. The van der Waals surface area contributed by atoms with Crippen LogP contribution in [0.2, 0.25) is 0 Å². The number of fused-ring (bicyclic) bond motifs is 1. The predicted molar refractivity (Wildman–Crippen MR) is 106 cm³/mol. The number of carbonyl (C=O) groups is 2. The third kappa shape index (κ3) is 3.33. The van der Waals surface area contributed by atoms with Gasteiger partial charge in [0, 0.05) is 35.3 Å². The lowest BCUT2D eigenvalue weighted by Crippen LogP contribution is -2.23. The van der Waals surface area contributed by atoms with Crippen molar-refractivity contribution in [3.8, 4) is 0 Å². The number of aryl methyl sites for hydroxylation is 2. The van der Waals surface area contributed by atoms with Gasteiger partial charge in [0.15, 0.2) is 0 Å². The summed E-state index contributed by atoms with van der Waals surface area (Å²) in [7, 11) is 0. The number of rotatable bonds is 4. The van der Waals surface area contributed by atoms with Gasteiger partial charge in [0.1, 0.15) is 5.58 Å². The normalized spacial score (nSPS) is 14.1. The van der Waals surface area contributed by atoms with E-state index in [1.54, 1.807) is 11.2 Å². The lowest BCUT2D eigenvalue weighted by atomic mass is 10.0. The van der Waals surface area contributed by atoms with Crippen molar-refractivity contribution in [1.29, 1.82) is 0 Å². The molecule has 4 rings (SSSR count). The van der Waals surface area contributed by atoms with Crippen molar-refractivity contribution in [2.75, 3.05) is 16.8 Å². The van der Waals surface area contributed by atoms with E-state index in [4.69, 9.17) is 4.42 Å². The third-order valence-corrected chi connectivity index (χ3v) is 5.21. The van der Waals surface area contributed by atoms with Crippen LogP contribution >= 0.6 is 0 Å². The fraction of sp³-hybridized carbons (Fsp3) is 0.273. The quantitative estimate of drug-likeness (QED) is 0.750. The number of nitrogens with one attached hydrogen (secondary N) is 1. The maximum Gasteiger partial charge on any atom is 0.228 e. The largest absolute Gasteiger partial charge is 0.464 e. The molecule has 0 aliphatic carbocycles. The van der Waals surface area contributed by atoms with Crippen LogP contribution in [0.15, 0.2) is 47.1 Å². The Labute approximate surface area is 158 Å². The Bertz CT molecular complexity index is 1040. The third-order valence-electron chi connectivity index (χ3n) is 5.21. The molecule has 1 aliphatic heterocycles. The van der Waals surface area contributed by atoms with Crippen LogP contribution in [-0.2, 0) is 16.0 Å². The van der Waals surface area contributed by atoms with E-state index in [2.05, 4.69) is 5.32 Å². The van der Waals surface area contributed by atoms with Gasteiger partial charge in [-0.25, -0.2) is 0 Å². The van der Waals surface area contributed by atoms with E-state index in [1.165, 1.54) is 5.56 Å². The summed E-state index contributed by atoms with van der Waals surface area (Å²) in [6.07, 6.45) is 3.36. The summed E-state index contributed by atoms with van der Waals surface area (Å²) in [4.78, 5) is 26.2. The van der Waals surface area contributed by atoms with Crippen LogP contribution in [0.4, 0.5) is 11.4 Å². The number of anilines is 2. The zero-order chi connectivity index (χ0) is 19.0. The molecule has 1 N–H and O–H groups in total. The highest BCUT2D eigenvalue weighted by atomic mass is 16.3. The molecule has 27 heavy (non-hydrogen) atoms. The number of hydrogen-bond donors (Lipinski definition) is 1. The number of furan rings is 1. The Hall–Kier alpha value is -3.08. The summed E-state index contributed by atoms with van der Waals surface area (Å²) in [6, 6.07) is 11.5. The van der Waals surface area contributed by atoms with Gasteiger partial charge in [0.2, 0.25) is 11.8 Å². The Morgan fingerprint density at radius 3 is 2.85 bits per heavy atom. The van der Waals surface area contributed by atoms with Gasteiger partial charge in [0.05, 0.1) is 12.7 Å². The van der Waals surface area contributed by atoms with Crippen LogP contribution < -0.4 is 10.2 Å². The molecule has 2 heterocycles. The average molecular weight is 362 g/mol. The molecule has 0 spiro atoms. The van der Waals surface area contributed by atoms with Crippen LogP contribution in [0.25, 0.3) is 11.0 Å². The number of hydrogen-bond acceptors (Lipinski definition) is 3. The van der Waals surface area contributed by atoms with Gasteiger partial charge in [-0.15, -0.1) is 0 Å². The molecule has 138 valence electrons. The van der Waals surface area contributed by atoms with Crippen molar-refractivity contribution < 1.29 is 14.0 Å². The minimum Gasteiger partial charge on any atom is -0.464 e. The van der Waals surface area contributed by atoms with Gasteiger partial charge >= 0.3 is 0 Å². The second-order valence-corrected chi connectivity index (χ2v) is 7.07. The van der Waals surface area contributed by atoms with E-state index < -0.39 is 0 Å². The number of carbonyl (C=O) groups excluding carboxylic acids is 2. The molecule has 0 bridgehead atoms. The summed E-state index contributed by atoms with van der Waals surface area (Å²) in [5, 5.41) is 3.91. The van der Waals surface area contributed by atoms with Crippen LogP contribution in [-0.4, -0.2) is 18.4 Å². The number of nitrogens with zero attached hydrogens (tertiary/aromatic N) is 1. The highest BCUT2D eigenvalue weighted by molar-refractivity contribution is 5.98. The zero-order valence-electron chi connectivity index (χ0n) is 15.5. The standard InChI is InChI=1S/C22H22N2O3/c1-14-8-9-19-16(13-27-22(19)15(14)2)11-20(25)23-17-5-3-6-18(12-17)24-10-4-7-21(24)26/h3,5-6,8-9,12-13H,4,7,10-11H2,1-2H3,(H,23,25). The maximum absolute atomic E-state index is 12.5. The number of amides is 2. The summed E-state index contributed by atoms with van der Waals surface area (Å²) in [5.41, 5.74) is 5.50. The molecule has 0 atom stereocenters. The molecule has 5 heteroatoms. The van der Waals surface area contributed by atoms with E-state index in [1.807, 2.05) is 50.2 Å². The highest BCUT2D eigenvalue weighted by Gasteiger charge is 2.22. The van der Waals surface area contributed by atoms with E-state index in [0.717, 1.165) is 40.7 Å². The predicted octanol–water partition coefficient (Wildman–Crippen LogP) is 4.36. The van der Waals surface area contributed by atoms with Gasteiger partial charge in [-0.3, -0.25) is 9.59 Å². The number of benzene rings is 2. The van der Waals surface area contributed by atoms with Crippen molar-refractivity contribution in [3.05, 3.63) is 59.4 Å². The molecule has 2 aromatic carbocycles. The molecule has 0 unspecified atom stereocenters. The first-order valence-corrected chi connectivity index (χ1v) is 9.19. The van der Waals surface area contributed by atoms with E-state index in [9.17, 15) is 9.59 Å². The van der Waals surface area contributed by atoms with Gasteiger partial charge in [-0.05, 0) is 49.6 Å². The van der Waals surface area contributed by atoms with Crippen LogP contribution in [0, 0.1) is 13.8 Å². The Morgan fingerprint density at radius 2 is 2.07 bits per heavy atom. The van der Waals surface area contributed by atoms with Gasteiger partial charge < -0.3 is 14.6 Å². The second kappa shape index (κ2) is 6.91. The molecule has 0 radical (unpaired) electrons. The smallest absolute Gasteiger partial charge is 0.228 e. The molecule has 5 nitrogen and oxygen atoms in total. The summed E-state index contributed by atoms with van der Waals surface area (Å²) >= 11 is 0. The fourth-order valence-electron chi connectivity index (χ4n) is 3.58. The first kappa shape index (κ1) is 17.3. The van der Waals surface area contributed by atoms with Crippen molar-refractivity contribution in [2.24, 2.45) is 0 Å². The molecular formula is C22H22N2O3. The van der Waals surface area contributed by atoms with E-state index in [0.29, 0.717) is 12.1 Å². The molecule has 1 aromatic heterocycles. The molecule has 1 saturated heterocycles. The van der Waals surface area contributed by atoms with Crippen LogP contribution in [0.3, 0.4) is 0 Å². The van der Waals surface area contributed by atoms with E-state index in [-0.39, 0.29) is 18.2 Å². The van der Waals surface area contributed by atoms with Crippen molar-refractivity contribution in [1.82, 2.24) is 0 Å². The average Bonchev–Trinajstić information content (AvgIpc) is 3.25. The Kier molecular flexibility index (Phi) is 4.44. The Balaban J connectivity index is 1.50. The van der Waals surface area contributed by atoms with Gasteiger partial charge in [-0.2, -0.15) is 0 Å². The monoisotopic (exact) mass is 362 g/mol. The summed E-state index contributed by atoms with van der Waals surface area (Å²) in [5.74, 6) is 0.0230. The van der Waals surface area contributed by atoms with Crippen LogP contribution in [0.5, 0.6) is 0 Å². The highest BCUT2D eigenvalue weighted by Crippen LogP contribution is 2.28. The van der Waals surface area contributed by atoms with Gasteiger partial charge in [-0.1, -0.05) is 18.2 Å². The SMILES string of the molecule is Cc1ccc2c(CC(=O)Nc3cccc(N4CCCC4=O)c3)coc2c1C. The minimum atomic E-state index is -0.110. The van der Waals surface area contributed by atoms with Gasteiger partial charge in [0.25, 0.3) is 0 Å². The summed E-state index contributed by atoms with van der Waals surface area (Å²) in [6.45, 7) is 4.80. The molecule has 3 aromatic rings. The molecular weight excluding hydrogens is 340 g/mol. The van der Waals surface area contributed by atoms with Crippen molar-refractivity contribution in [2.45, 2.75) is 33.1 Å². The minimum absolute atomic E-state index is 0.110. The van der Waals surface area contributed by atoms with Crippen LogP contribution in [0.1, 0.15) is 29.5 Å². The first-order chi connectivity index (χ1) is 13.0. The molecule has 2 amide bonds. The van der Waals surface area contributed by atoms with Crippen molar-refractivity contribution in [3.63, 3.8) is 0 Å². The first-order valence-electron chi connectivity index (χ1n) is 9.19. The molecule has 1 fully saturated rings. The topological polar surface area (TPSA) is 62.6 Å². The maximum atomic E-state index is 12.5. The lowest BCUT2D eigenvalue weighted by Gasteiger charge is -2.16. The van der Waals surface area contributed by atoms with Crippen molar-refractivity contribution >= 4 is 34.2 Å². The second-order valence-electron chi connectivity index (χ2n) is 7.07. The molecule has 0 saturated carbocycles. The van der Waals surface area contributed by atoms with E-state index >= 15 is 0 Å². The Morgan fingerprint density at radius 1 is 1.22 bits per heavy atom. The lowest BCUT2D eigenvalue weighted by molar-refractivity contribution is -0.117. The fourth-order valence-corrected chi connectivity index (χ4v) is 3.58.